The van der Waals surface area contributed by atoms with E-state index in [4.69, 9.17) is 4.74 Å². The van der Waals surface area contributed by atoms with Crippen LogP contribution >= 0.6 is 0 Å². The molecule has 0 aliphatic rings. The van der Waals surface area contributed by atoms with Crippen LogP contribution in [0.4, 0.5) is 0 Å². The summed E-state index contributed by atoms with van der Waals surface area (Å²) in [5.41, 5.74) is 1.97. The third-order valence-corrected chi connectivity index (χ3v) is 3.60. The molecule has 20 heavy (non-hydrogen) atoms. The summed E-state index contributed by atoms with van der Waals surface area (Å²) in [6.07, 6.45) is -0.547. The molecule has 1 aromatic rings. The molecular weight excluding hydrogens is 252 g/mol. The van der Waals surface area contributed by atoms with Gasteiger partial charge in [0.25, 0.3) is 0 Å². The second-order valence-electron chi connectivity index (χ2n) is 5.54. The molecule has 1 unspecified atom stereocenters. The number of hydrogen-bond acceptors (Lipinski definition) is 4. The molecule has 114 valence electrons. The van der Waals surface area contributed by atoms with Crippen LogP contribution in [0.2, 0.25) is 0 Å². The number of likely N-dealkylation sites (N-methyl/N-ethyl adjacent to an activating group) is 1. The summed E-state index contributed by atoms with van der Waals surface area (Å²) < 4.78 is 5.30. The molecule has 0 saturated heterocycles. The van der Waals surface area contributed by atoms with E-state index in [0.29, 0.717) is 12.6 Å². The van der Waals surface area contributed by atoms with Crippen molar-refractivity contribution in [1.29, 1.82) is 0 Å². The van der Waals surface area contributed by atoms with Crippen molar-refractivity contribution in [2.45, 2.75) is 32.9 Å². The maximum absolute atomic E-state index is 10.3. The minimum atomic E-state index is -0.547. The van der Waals surface area contributed by atoms with Crippen LogP contribution in [0.1, 0.15) is 31.1 Å². The number of nitrogens with one attached hydrogen (secondary N) is 1. The summed E-state index contributed by atoms with van der Waals surface area (Å²) >= 11 is 0. The van der Waals surface area contributed by atoms with E-state index in [2.05, 4.69) is 31.1 Å². The van der Waals surface area contributed by atoms with Crippen molar-refractivity contribution in [3.63, 3.8) is 0 Å². The fourth-order valence-corrected chi connectivity index (χ4v) is 1.98. The second kappa shape index (κ2) is 8.25. The molecule has 4 nitrogen and oxygen atoms in total. The number of aliphatic hydroxyl groups excluding tert-OH is 1. The lowest BCUT2D eigenvalue weighted by molar-refractivity contribution is 0.167. The monoisotopic (exact) mass is 280 g/mol. The Morgan fingerprint density at radius 3 is 2.65 bits per heavy atom. The van der Waals surface area contributed by atoms with E-state index < -0.39 is 6.10 Å². The zero-order chi connectivity index (χ0) is 15.1. The molecule has 0 aliphatic heterocycles. The van der Waals surface area contributed by atoms with Gasteiger partial charge in [-0.15, -0.1) is 0 Å². The number of aliphatic hydroxyl groups is 1. The quantitative estimate of drug-likeness (QED) is 0.715. The second-order valence-corrected chi connectivity index (χ2v) is 5.54. The van der Waals surface area contributed by atoms with Gasteiger partial charge in [-0.1, -0.05) is 11.6 Å². The van der Waals surface area contributed by atoms with E-state index >= 15 is 0 Å². The Morgan fingerprint density at radius 2 is 2.05 bits per heavy atom. The van der Waals surface area contributed by atoms with Crippen LogP contribution in [-0.4, -0.2) is 49.8 Å². The molecule has 0 heterocycles. The summed E-state index contributed by atoms with van der Waals surface area (Å²) in [5, 5.41) is 13.6. The van der Waals surface area contributed by atoms with E-state index in [0.717, 1.165) is 30.0 Å². The minimum absolute atomic E-state index is 0.533. The molecular formula is C16H28N2O2. The van der Waals surface area contributed by atoms with Crippen molar-refractivity contribution in [3.8, 4) is 5.75 Å². The molecule has 1 aromatic carbocycles. The van der Waals surface area contributed by atoms with Crippen molar-refractivity contribution in [2.24, 2.45) is 0 Å². The van der Waals surface area contributed by atoms with Gasteiger partial charge in [-0.2, -0.15) is 0 Å². The molecule has 2 N–H and O–H groups in total. The van der Waals surface area contributed by atoms with Gasteiger partial charge in [-0.05, 0) is 40.0 Å². The van der Waals surface area contributed by atoms with Gasteiger partial charge < -0.3 is 20.1 Å². The number of nitrogens with zero attached hydrogens (tertiary/aromatic N) is 1. The number of ether oxygens (including phenoxy) is 1. The lowest BCUT2D eigenvalue weighted by Gasteiger charge is -2.22. The molecule has 0 aromatic heterocycles. The molecule has 0 amide bonds. The maximum atomic E-state index is 10.3. The maximum Gasteiger partial charge on any atom is 0.124 e. The van der Waals surface area contributed by atoms with E-state index in [-0.39, 0.29) is 0 Å². The lowest BCUT2D eigenvalue weighted by Crippen LogP contribution is -2.35. The number of benzene rings is 1. The third-order valence-electron chi connectivity index (χ3n) is 3.60. The summed E-state index contributed by atoms with van der Waals surface area (Å²) in [4.78, 5) is 2.27. The van der Waals surface area contributed by atoms with E-state index in [1.54, 1.807) is 7.11 Å². The highest BCUT2D eigenvalue weighted by molar-refractivity contribution is 5.38. The van der Waals surface area contributed by atoms with Crippen LogP contribution in [0.3, 0.4) is 0 Å². The average molecular weight is 280 g/mol. The summed E-state index contributed by atoms with van der Waals surface area (Å²) in [5.74, 6) is 0.740. The zero-order valence-corrected chi connectivity index (χ0v) is 13.3. The molecule has 1 rings (SSSR count). The van der Waals surface area contributed by atoms with E-state index in [1.807, 2.05) is 25.1 Å². The number of rotatable bonds is 8. The Labute approximate surface area is 122 Å². The average Bonchev–Trinajstić information content (AvgIpc) is 2.42. The highest BCUT2D eigenvalue weighted by atomic mass is 16.5. The van der Waals surface area contributed by atoms with Crippen LogP contribution in [-0.2, 0) is 0 Å². The van der Waals surface area contributed by atoms with Crippen LogP contribution in [0.5, 0.6) is 5.75 Å². The Bertz CT molecular complexity index is 407. The molecule has 0 radical (unpaired) electrons. The van der Waals surface area contributed by atoms with Crippen LogP contribution < -0.4 is 10.1 Å². The van der Waals surface area contributed by atoms with Crippen molar-refractivity contribution in [2.75, 3.05) is 33.8 Å². The van der Waals surface area contributed by atoms with Crippen LogP contribution in [0.15, 0.2) is 18.2 Å². The predicted octanol–water partition coefficient (Wildman–Crippen LogP) is 1.97. The largest absolute Gasteiger partial charge is 0.496 e. The molecule has 0 saturated carbocycles. The summed E-state index contributed by atoms with van der Waals surface area (Å²) in [6, 6.07) is 6.41. The zero-order valence-electron chi connectivity index (χ0n) is 13.3. The van der Waals surface area contributed by atoms with Gasteiger partial charge >= 0.3 is 0 Å². The third kappa shape index (κ3) is 5.12. The van der Waals surface area contributed by atoms with Crippen molar-refractivity contribution >= 4 is 0 Å². The number of hydrogen-bond donors (Lipinski definition) is 2. The van der Waals surface area contributed by atoms with Crippen LogP contribution in [0.25, 0.3) is 0 Å². The minimum Gasteiger partial charge on any atom is -0.496 e. The van der Waals surface area contributed by atoms with Crippen molar-refractivity contribution < 1.29 is 9.84 Å². The predicted molar refractivity (Wildman–Crippen MR) is 83.3 cm³/mol. The lowest BCUT2D eigenvalue weighted by atomic mass is 10.1. The highest BCUT2D eigenvalue weighted by Crippen LogP contribution is 2.25. The summed E-state index contributed by atoms with van der Waals surface area (Å²) in [7, 11) is 3.73. The van der Waals surface area contributed by atoms with E-state index in [1.165, 1.54) is 0 Å². The van der Waals surface area contributed by atoms with E-state index in [9.17, 15) is 5.11 Å². The SMILES string of the molecule is COc1ccc(C)cc1C(O)CNCCN(C)C(C)C. The topological polar surface area (TPSA) is 44.7 Å². The molecule has 0 aliphatic carbocycles. The Kier molecular flexibility index (Phi) is 6.99. The first-order chi connectivity index (χ1) is 9.45. The first-order valence-electron chi connectivity index (χ1n) is 7.19. The fourth-order valence-electron chi connectivity index (χ4n) is 1.98. The molecule has 0 fully saturated rings. The van der Waals surface area contributed by atoms with Gasteiger partial charge in [-0.25, -0.2) is 0 Å². The Hall–Kier alpha value is -1.10. The van der Waals surface area contributed by atoms with Gasteiger partial charge in [0.05, 0.1) is 13.2 Å². The standard InChI is InChI=1S/C16H28N2O2/c1-12(2)18(4)9-8-17-11-15(19)14-10-13(3)6-7-16(14)20-5/h6-7,10,12,15,17,19H,8-9,11H2,1-5H3. The number of aryl methyl sites for hydroxylation is 1. The van der Waals surface area contributed by atoms with Crippen molar-refractivity contribution in [1.82, 2.24) is 10.2 Å². The summed E-state index contributed by atoms with van der Waals surface area (Å²) in [6.45, 7) is 8.72. The van der Waals surface area contributed by atoms with Gasteiger partial charge in [0, 0.05) is 31.2 Å². The van der Waals surface area contributed by atoms with Gasteiger partial charge in [0.1, 0.15) is 5.75 Å². The van der Waals surface area contributed by atoms with Gasteiger partial charge in [0.2, 0.25) is 0 Å². The highest BCUT2D eigenvalue weighted by Gasteiger charge is 2.13. The fraction of sp³-hybridized carbons (Fsp3) is 0.625. The Balaban J connectivity index is 2.47. The van der Waals surface area contributed by atoms with Gasteiger partial charge in [-0.3, -0.25) is 0 Å². The normalized spacial score (nSPS) is 13.0. The molecule has 0 bridgehead atoms. The molecule has 1 atom stereocenters. The first-order valence-corrected chi connectivity index (χ1v) is 7.19. The molecule has 4 heteroatoms. The number of methoxy groups -OCH3 is 1. The van der Waals surface area contributed by atoms with Crippen molar-refractivity contribution in [3.05, 3.63) is 29.3 Å². The Morgan fingerprint density at radius 1 is 1.35 bits per heavy atom. The van der Waals surface area contributed by atoms with Gasteiger partial charge in [0.15, 0.2) is 0 Å². The van der Waals surface area contributed by atoms with Crippen LogP contribution in [0, 0.1) is 6.92 Å². The first kappa shape index (κ1) is 17.0. The smallest absolute Gasteiger partial charge is 0.124 e. The molecule has 0 spiro atoms.